The maximum atomic E-state index is 14.2. The topological polar surface area (TPSA) is 102 Å². The van der Waals surface area contributed by atoms with Crippen molar-refractivity contribution in [3.05, 3.63) is 89.2 Å². The van der Waals surface area contributed by atoms with Crippen molar-refractivity contribution >= 4 is 16.0 Å². The number of hydrogen-bond donors (Lipinski definition) is 2. The SMILES string of the molecule is COc1cccc(OCc2cc(CNS(=O)(=O)c3ccc(C(=O)O)cc3)ccc2F)c1. The summed E-state index contributed by atoms with van der Waals surface area (Å²) in [6.07, 6.45) is 0. The van der Waals surface area contributed by atoms with Crippen molar-refractivity contribution in [2.45, 2.75) is 18.0 Å². The molecule has 0 spiro atoms. The highest BCUT2D eigenvalue weighted by Crippen LogP contribution is 2.21. The number of nitrogens with one attached hydrogen (secondary N) is 1. The van der Waals surface area contributed by atoms with Gasteiger partial charge in [0.25, 0.3) is 0 Å². The van der Waals surface area contributed by atoms with E-state index in [2.05, 4.69) is 4.72 Å². The van der Waals surface area contributed by atoms with Gasteiger partial charge >= 0.3 is 5.97 Å². The first-order chi connectivity index (χ1) is 14.8. The Bertz CT molecular complexity index is 1180. The van der Waals surface area contributed by atoms with Crippen molar-refractivity contribution in [2.24, 2.45) is 0 Å². The van der Waals surface area contributed by atoms with Crippen LogP contribution >= 0.6 is 0 Å². The van der Waals surface area contributed by atoms with Gasteiger partial charge in [-0.1, -0.05) is 12.1 Å². The van der Waals surface area contributed by atoms with Gasteiger partial charge in [-0.05, 0) is 54.1 Å². The van der Waals surface area contributed by atoms with E-state index in [1.54, 1.807) is 24.3 Å². The van der Waals surface area contributed by atoms with Gasteiger partial charge in [0.15, 0.2) is 0 Å². The molecule has 0 aliphatic carbocycles. The van der Waals surface area contributed by atoms with E-state index in [-0.39, 0.29) is 29.2 Å². The van der Waals surface area contributed by atoms with Crippen LogP contribution in [0.2, 0.25) is 0 Å². The van der Waals surface area contributed by atoms with Crippen LogP contribution in [0.15, 0.2) is 71.6 Å². The van der Waals surface area contributed by atoms with Crippen LogP contribution in [0.25, 0.3) is 0 Å². The van der Waals surface area contributed by atoms with Crippen molar-refractivity contribution in [3.8, 4) is 11.5 Å². The van der Waals surface area contributed by atoms with Crippen LogP contribution < -0.4 is 14.2 Å². The van der Waals surface area contributed by atoms with Crippen LogP contribution in [0.5, 0.6) is 11.5 Å². The number of hydrogen-bond acceptors (Lipinski definition) is 5. The van der Waals surface area contributed by atoms with Gasteiger partial charge in [-0.25, -0.2) is 22.3 Å². The zero-order chi connectivity index (χ0) is 22.4. The third-order valence-electron chi connectivity index (χ3n) is 4.42. The van der Waals surface area contributed by atoms with Crippen molar-refractivity contribution in [2.75, 3.05) is 7.11 Å². The van der Waals surface area contributed by atoms with Gasteiger partial charge in [0, 0.05) is 18.2 Å². The Kier molecular flexibility index (Phi) is 6.88. The number of halogens is 1. The summed E-state index contributed by atoms with van der Waals surface area (Å²) in [7, 11) is -2.34. The quantitative estimate of drug-likeness (QED) is 0.522. The van der Waals surface area contributed by atoms with Crippen molar-refractivity contribution in [1.29, 1.82) is 0 Å². The second-order valence-corrected chi connectivity index (χ2v) is 8.31. The molecule has 0 amide bonds. The summed E-state index contributed by atoms with van der Waals surface area (Å²) in [6, 6.07) is 16.0. The molecule has 0 atom stereocenters. The van der Waals surface area contributed by atoms with Gasteiger partial charge in [0.1, 0.15) is 23.9 Å². The molecule has 3 aromatic rings. The first kappa shape index (κ1) is 22.3. The molecule has 0 heterocycles. The lowest BCUT2D eigenvalue weighted by atomic mass is 10.1. The largest absolute Gasteiger partial charge is 0.497 e. The number of carboxylic acid groups (broad SMARTS) is 1. The number of carboxylic acids is 1. The molecule has 0 saturated carbocycles. The second-order valence-electron chi connectivity index (χ2n) is 6.55. The summed E-state index contributed by atoms with van der Waals surface area (Å²) in [6.45, 7) is -0.119. The van der Waals surface area contributed by atoms with Crippen LogP contribution in [0, 0.1) is 5.82 Å². The molecule has 2 N–H and O–H groups in total. The fourth-order valence-corrected chi connectivity index (χ4v) is 3.76. The van der Waals surface area contributed by atoms with Gasteiger partial charge in [0.2, 0.25) is 10.0 Å². The fraction of sp³-hybridized carbons (Fsp3) is 0.136. The molecule has 3 rings (SSSR count). The predicted molar refractivity (Wildman–Crippen MR) is 111 cm³/mol. The van der Waals surface area contributed by atoms with E-state index < -0.39 is 21.8 Å². The minimum absolute atomic E-state index is 0.0156. The van der Waals surface area contributed by atoms with Gasteiger partial charge in [0.05, 0.1) is 17.6 Å². The van der Waals surface area contributed by atoms with Crippen molar-refractivity contribution in [1.82, 2.24) is 4.72 Å². The maximum absolute atomic E-state index is 14.2. The maximum Gasteiger partial charge on any atom is 0.335 e. The second kappa shape index (κ2) is 9.59. The average molecular weight is 445 g/mol. The molecular formula is C22H20FNO6S. The van der Waals surface area contributed by atoms with E-state index in [9.17, 15) is 17.6 Å². The van der Waals surface area contributed by atoms with Crippen LogP contribution in [0.3, 0.4) is 0 Å². The Morgan fingerprint density at radius 1 is 1.03 bits per heavy atom. The van der Waals surface area contributed by atoms with Crippen LogP contribution in [0.1, 0.15) is 21.5 Å². The number of ether oxygens (including phenoxy) is 2. The summed E-state index contributed by atoms with van der Waals surface area (Å²) in [4.78, 5) is 10.8. The smallest absolute Gasteiger partial charge is 0.335 e. The summed E-state index contributed by atoms with van der Waals surface area (Å²) in [5, 5.41) is 8.91. The number of sulfonamides is 1. The lowest BCUT2D eigenvalue weighted by Gasteiger charge is -2.11. The molecule has 0 fully saturated rings. The monoisotopic (exact) mass is 445 g/mol. The highest BCUT2D eigenvalue weighted by Gasteiger charge is 2.15. The van der Waals surface area contributed by atoms with Crippen molar-refractivity contribution in [3.63, 3.8) is 0 Å². The minimum atomic E-state index is -3.87. The zero-order valence-electron chi connectivity index (χ0n) is 16.5. The van der Waals surface area contributed by atoms with Crippen LogP contribution in [0.4, 0.5) is 4.39 Å². The Labute approximate surface area is 179 Å². The Balaban J connectivity index is 1.67. The van der Waals surface area contributed by atoms with Crippen LogP contribution in [-0.2, 0) is 23.2 Å². The number of carbonyl (C=O) groups is 1. The van der Waals surface area contributed by atoms with E-state index >= 15 is 0 Å². The van der Waals surface area contributed by atoms with Gasteiger partial charge < -0.3 is 14.6 Å². The molecule has 0 radical (unpaired) electrons. The first-order valence-electron chi connectivity index (χ1n) is 9.15. The summed E-state index contributed by atoms with van der Waals surface area (Å²) in [5.41, 5.74) is 0.792. The normalized spacial score (nSPS) is 11.2. The summed E-state index contributed by atoms with van der Waals surface area (Å²) in [5.74, 6) is -0.502. The zero-order valence-corrected chi connectivity index (χ0v) is 17.4. The van der Waals surface area contributed by atoms with E-state index in [4.69, 9.17) is 14.6 Å². The van der Waals surface area contributed by atoms with Gasteiger partial charge in [-0.15, -0.1) is 0 Å². The average Bonchev–Trinajstić information content (AvgIpc) is 2.78. The van der Waals surface area contributed by atoms with Gasteiger partial charge in [-0.3, -0.25) is 0 Å². The van der Waals surface area contributed by atoms with Gasteiger partial charge in [-0.2, -0.15) is 0 Å². The highest BCUT2D eigenvalue weighted by molar-refractivity contribution is 7.89. The summed E-state index contributed by atoms with van der Waals surface area (Å²) >= 11 is 0. The Hall–Kier alpha value is -3.43. The third kappa shape index (κ3) is 5.80. The van der Waals surface area contributed by atoms with E-state index in [1.807, 2.05) is 0 Å². The molecule has 7 nitrogen and oxygen atoms in total. The number of benzene rings is 3. The molecule has 9 heteroatoms. The third-order valence-corrected chi connectivity index (χ3v) is 5.84. The molecule has 0 aliphatic rings. The number of rotatable bonds is 9. The molecule has 31 heavy (non-hydrogen) atoms. The minimum Gasteiger partial charge on any atom is -0.497 e. The molecule has 0 aliphatic heterocycles. The summed E-state index contributed by atoms with van der Waals surface area (Å²) < 4.78 is 52.2. The predicted octanol–water partition coefficient (Wildman–Crippen LogP) is 3.59. The molecule has 0 bridgehead atoms. The number of methoxy groups -OCH3 is 1. The van der Waals surface area contributed by atoms with Crippen molar-refractivity contribution < 1.29 is 32.2 Å². The lowest BCUT2D eigenvalue weighted by Crippen LogP contribution is -2.23. The van der Waals surface area contributed by atoms with E-state index in [0.717, 1.165) is 0 Å². The molecule has 0 saturated heterocycles. The number of aromatic carboxylic acids is 1. The molecule has 162 valence electrons. The lowest BCUT2D eigenvalue weighted by molar-refractivity contribution is 0.0696. The first-order valence-corrected chi connectivity index (χ1v) is 10.6. The molecule has 3 aromatic carbocycles. The molecule has 0 aromatic heterocycles. The fourth-order valence-electron chi connectivity index (χ4n) is 2.74. The van der Waals surface area contributed by atoms with E-state index in [1.165, 1.54) is 49.6 Å². The Morgan fingerprint density at radius 2 is 1.74 bits per heavy atom. The molecular weight excluding hydrogens is 425 g/mol. The van der Waals surface area contributed by atoms with Crippen LogP contribution in [-0.4, -0.2) is 26.6 Å². The van der Waals surface area contributed by atoms with E-state index in [0.29, 0.717) is 17.1 Å². The highest BCUT2D eigenvalue weighted by atomic mass is 32.2. The Morgan fingerprint density at radius 3 is 2.42 bits per heavy atom. The molecule has 0 unspecified atom stereocenters. The standard InChI is InChI=1S/C22H20FNO6S/c1-29-18-3-2-4-19(12-18)30-14-17-11-15(5-10-21(17)23)13-24-31(27,28)20-8-6-16(7-9-20)22(25)26/h2-12,24H,13-14H2,1H3,(H,25,26).